The third-order valence-corrected chi connectivity index (χ3v) is 2.93. The summed E-state index contributed by atoms with van der Waals surface area (Å²) >= 11 is 0. The first kappa shape index (κ1) is 12.8. The van der Waals surface area contributed by atoms with Gasteiger partial charge in [0.15, 0.2) is 0 Å². The molecule has 0 bridgehead atoms. The zero-order valence-electron chi connectivity index (χ0n) is 11.2. The first-order valence-electron chi connectivity index (χ1n) is 5.96. The van der Waals surface area contributed by atoms with Gasteiger partial charge in [0.25, 0.3) is 5.78 Å². The van der Waals surface area contributed by atoms with Gasteiger partial charge < -0.3 is 10.4 Å². The van der Waals surface area contributed by atoms with Crippen LogP contribution in [0.25, 0.3) is 5.78 Å². The number of anilines is 1. The van der Waals surface area contributed by atoms with Crippen molar-refractivity contribution < 1.29 is 5.11 Å². The minimum Gasteiger partial charge on any atom is -0.394 e. The van der Waals surface area contributed by atoms with E-state index in [1.807, 2.05) is 13.0 Å². The van der Waals surface area contributed by atoms with Gasteiger partial charge in [-0.1, -0.05) is 20.8 Å². The number of aliphatic hydroxyl groups excluding tert-OH is 1. The molecule has 0 saturated heterocycles. The molecular formula is C12H19N5O. The summed E-state index contributed by atoms with van der Waals surface area (Å²) in [5.41, 5.74) is 0.808. The molecule has 1 atom stereocenters. The summed E-state index contributed by atoms with van der Waals surface area (Å²) in [6, 6.07) is 1.84. The van der Waals surface area contributed by atoms with Crippen molar-refractivity contribution in [3.63, 3.8) is 0 Å². The number of aryl methyl sites for hydroxylation is 1. The predicted octanol–water partition coefficient (Wildman–Crippen LogP) is 1.25. The van der Waals surface area contributed by atoms with Gasteiger partial charge in [0.2, 0.25) is 0 Å². The smallest absolute Gasteiger partial charge is 0.254 e. The molecule has 0 aliphatic carbocycles. The molecule has 0 spiro atoms. The monoisotopic (exact) mass is 249 g/mol. The number of fused-ring (bicyclic) bond motifs is 1. The minimum absolute atomic E-state index is 0.0566. The molecule has 0 saturated carbocycles. The molecule has 2 aromatic rings. The summed E-state index contributed by atoms with van der Waals surface area (Å²) in [4.78, 5) is 8.35. The van der Waals surface area contributed by atoms with Crippen LogP contribution >= 0.6 is 0 Å². The second-order valence-electron chi connectivity index (χ2n) is 5.50. The number of aliphatic hydroxyl groups is 1. The van der Waals surface area contributed by atoms with Crippen molar-refractivity contribution in [3.8, 4) is 0 Å². The molecule has 0 aliphatic rings. The van der Waals surface area contributed by atoms with E-state index in [2.05, 4.69) is 41.2 Å². The van der Waals surface area contributed by atoms with Crippen molar-refractivity contribution in [2.75, 3.05) is 11.9 Å². The number of hydrogen-bond acceptors (Lipinski definition) is 5. The van der Waals surface area contributed by atoms with Crippen molar-refractivity contribution in [2.24, 2.45) is 5.41 Å². The van der Waals surface area contributed by atoms with Gasteiger partial charge >= 0.3 is 0 Å². The van der Waals surface area contributed by atoms with Crippen LogP contribution in [0.5, 0.6) is 0 Å². The van der Waals surface area contributed by atoms with E-state index in [0.29, 0.717) is 5.78 Å². The van der Waals surface area contributed by atoms with E-state index in [1.165, 1.54) is 6.33 Å². The van der Waals surface area contributed by atoms with Gasteiger partial charge in [-0.3, -0.25) is 0 Å². The fourth-order valence-corrected chi connectivity index (χ4v) is 1.75. The second kappa shape index (κ2) is 4.53. The van der Waals surface area contributed by atoms with E-state index in [9.17, 15) is 5.11 Å². The molecule has 98 valence electrons. The predicted molar refractivity (Wildman–Crippen MR) is 69.5 cm³/mol. The van der Waals surface area contributed by atoms with Crippen molar-refractivity contribution in [2.45, 2.75) is 33.7 Å². The summed E-state index contributed by atoms with van der Waals surface area (Å²) < 4.78 is 1.64. The Kier molecular flexibility index (Phi) is 3.21. The quantitative estimate of drug-likeness (QED) is 0.856. The highest BCUT2D eigenvalue weighted by Crippen LogP contribution is 2.23. The molecule has 2 heterocycles. The molecule has 0 aliphatic heterocycles. The molecule has 6 nitrogen and oxygen atoms in total. The van der Waals surface area contributed by atoms with Crippen molar-refractivity contribution in [1.82, 2.24) is 19.6 Å². The van der Waals surface area contributed by atoms with Gasteiger partial charge in [0.1, 0.15) is 12.1 Å². The second-order valence-corrected chi connectivity index (χ2v) is 5.50. The molecule has 2 rings (SSSR count). The molecule has 18 heavy (non-hydrogen) atoms. The topological polar surface area (TPSA) is 75.3 Å². The first-order valence-corrected chi connectivity index (χ1v) is 5.96. The fourth-order valence-electron chi connectivity index (χ4n) is 1.75. The molecule has 6 heteroatoms. The highest BCUT2D eigenvalue weighted by Gasteiger charge is 2.24. The SMILES string of the molecule is Cc1cc(N[C@H](CO)C(C)(C)C)n2ncnc2n1. The lowest BCUT2D eigenvalue weighted by Gasteiger charge is -2.30. The molecular weight excluding hydrogens is 230 g/mol. The van der Waals surface area contributed by atoms with Crippen LogP contribution in [0, 0.1) is 12.3 Å². The summed E-state index contributed by atoms with van der Waals surface area (Å²) in [5.74, 6) is 1.35. The largest absolute Gasteiger partial charge is 0.394 e. The van der Waals surface area contributed by atoms with Crippen LogP contribution in [0.15, 0.2) is 12.4 Å². The fraction of sp³-hybridized carbons (Fsp3) is 0.583. The van der Waals surface area contributed by atoms with Crippen LogP contribution in [0.3, 0.4) is 0 Å². The Morgan fingerprint density at radius 1 is 1.44 bits per heavy atom. The maximum atomic E-state index is 9.49. The van der Waals surface area contributed by atoms with E-state index in [0.717, 1.165) is 11.5 Å². The Labute approximate surface area is 106 Å². The van der Waals surface area contributed by atoms with E-state index in [-0.39, 0.29) is 18.1 Å². The number of hydrogen-bond donors (Lipinski definition) is 2. The van der Waals surface area contributed by atoms with Gasteiger partial charge in [-0.2, -0.15) is 14.6 Å². The number of nitrogens with zero attached hydrogens (tertiary/aromatic N) is 4. The molecule has 0 aromatic carbocycles. The summed E-state index contributed by atoms with van der Waals surface area (Å²) in [6.45, 7) is 8.19. The van der Waals surface area contributed by atoms with Crippen LogP contribution in [0.1, 0.15) is 26.5 Å². The van der Waals surface area contributed by atoms with E-state index in [1.54, 1.807) is 4.52 Å². The van der Waals surface area contributed by atoms with Gasteiger partial charge in [-0.05, 0) is 12.3 Å². The van der Waals surface area contributed by atoms with E-state index < -0.39 is 0 Å². The molecule has 0 radical (unpaired) electrons. The third-order valence-electron chi connectivity index (χ3n) is 2.93. The lowest BCUT2D eigenvalue weighted by Crippen LogP contribution is -2.37. The highest BCUT2D eigenvalue weighted by molar-refractivity contribution is 5.45. The molecule has 0 fully saturated rings. The van der Waals surface area contributed by atoms with Crippen molar-refractivity contribution >= 4 is 11.6 Å². The van der Waals surface area contributed by atoms with Gasteiger partial charge in [-0.15, -0.1) is 0 Å². The van der Waals surface area contributed by atoms with Crippen LogP contribution in [0.2, 0.25) is 0 Å². The number of nitrogens with one attached hydrogen (secondary N) is 1. The first-order chi connectivity index (χ1) is 8.41. The maximum absolute atomic E-state index is 9.49. The molecule has 0 unspecified atom stereocenters. The number of rotatable bonds is 3. The highest BCUT2D eigenvalue weighted by atomic mass is 16.3. The molecule has 0 amide bonds. The van der Waals surface area contributed by atoms with Crippen LogP contribution in [0.4, 0.5) is 5.82 Å². The van der Waals surface area contributed by atoms with E-state index >= 15 is 0 Å². The summed E-state index contributed by atoms with van der Waals surface area (Å²) in [6.07, 6.45) is 1.47. The lowest BCUT2D eigenvalue weighted by molar-refractivity contribution is 0.201. The molecule has 2 aromatic heterocycles. The van der Waals surface area contributed by atoms with E-state index in [4.69, 9.17) is 0 Å². The Bertz CT molecular complexity index is 543. The number of aromatic nitrogens is 4. The average Bonchev–Trinajstić information content (AvgIpc) is 2.71. The Morgan fingerprint density at radius 3 is 2.78 bits per heavy atom. The van der Waals surface area contributed by atoms with Crippen LogP contribution in [-0.2, 0) is 0 Å². The van der Waals surface area contributed by atoms with Crippen molar-refractivity contribution in [3.05, 3.63) is 18.1 Å². The lowest BCUT2D eigenvalue weighted by atomic mass is 9.87. The van der Waals surface area contributed by atoms with Crippen molar-refractivity contribution in [1.29, 1.82) is 0 Å². The zero-order chi connectivity index (χ0) is 13.3. The zero-order valence-corrected chi connectivity index (χ0v) is 11.2. The van der Waals surface area contributed by atoms with Gasteiger partial charge in [-0.25, -0.2) is 4.98 Å². The summed E-state index contributed by atoms with van der Waals surface area (Å²) in [5, 5.41) is 16.9. The van der Waals surface area contributed by atoms with Gasteiger partial charge in [0, 0.05) is 11.8 Å². The summed E-state index contributed by atoms with van der Waals surface area (Å²) in [7, 11) is 0. The third kappa shape index (κ3) is 2.43. The van der Waals surface area contributed by atoms with Crippen LogP contribution < -0.4 is 5.32 Å². The molecule has 2 N–H and O–H groups in total. The standard InChI is InChI=1S/C12H19N5O/c1-8-5-10(16-9(6-18)12(2,3)4)17-11(15-8)13-7-14-17/h5,7,9,16,18H,6H2,1-4H3/t9-/m1/s1. The van der Waals surface area contributed by atoms with Crippen LogP contribution in [-0.4, -0.2) is 37.3 Å². The average molecular weight is 249 g/mol. The minimum atomic E-state index is -0.0632. The Morgan fingerprint density at radius 2 is 2.17 bits per heavy atom. The normalized spacial score (nSPS) is 13.8. The van der Waals surface area contributed by atoms with Gasteiger partial charge in [0.05, 0.1) is 12.6 Å². The Balaban J connectivity index is 2.39. The Hall–Kier alpha value is -1.69. The maximum Gasteiger partial charge on any atom is 0.254 e.